The second-order valence-corrected chi connectivity index (χ2v) is 4.70. The van der Waals surface area contributed by atoms with Crippen molar-refractivity contribution in [2.45, 2.75) is 13.0 Å². The highest BCUT2D eigenvalue weighted by Crippen LogP contribution is 2.26. The Balaban J connectivity index is 2.17. The Labute approximate surface area is 122 Å². The van der Waals surface area contributed by atoms with Gasteiger partial charge in [-0.2, -0.15) is 0 Å². The van der Waals surface area contributed by atoms with Gasteiger partial charge in [0.2, 0.25) is 0 Å². The van der Waals surface area contributed by atoms with Gasteiger partial charge < -0.3 is 15.7 Å². The number of benzene rings is 2. The number of hydrogen-bond donors (Lipinski definition) is 2. The first kappa shape index (κ1) is 14.2. The Morgan fingerprint density at radius 2 is 1.95 bits per heavy atom. The molecular formula is C15H15ClN2O2. The fraction of sp³-hybridized carbons (Fsp3) is 0.133. The predicted octanol–water partition coefficient (Wildman–Crippen LogP) is 3.57. The van der Waals surface area contributed by atoms with Gasteiger partial charge in [0, 0.05) is 5.56 Å². The summed E-state index contributed by atoms with van der Waals surface area (Å²) in [6.45, 7) is 1.96. The summed E-state index contributed by atoms with van der Waals surface area (Å²) in [5.74, 6) is 0.596. The lowest BCUT2D eigenvalue weighted by molar-refractivity contribution is 0.227. The van der Waals surface area contributed by atoms with Crippen LogP contribution >= 0.6 is 11.6 Å². The van der Waals surface area contributed by atoms with Crippen LogP contribution in [-0.2, 0) is 0 Å². The molecule has 1 unspecified atom stereocenters. The normalized spacial score (nSPS) is 13.0. The van der Waals surface area contributed by atoms with Gasteiger partial charge in [-0.15, -0.1) is 0 Å². The van der Waals surface area contributed by atoms with Crippen molar-refractivity contribution in [3.63, 3.8) is 0 Å². The van der Waals surface area contributed by atoms with E-state index in [0.29, 0.717) is 16.3 Å². The van der Waals surface area contributed by atoms with Crippen LogP contribution in [0.3, 0.4) is 0 Å². The molecule has 2 aromatic carbocycles. The molecule has 0 bridgehead atoms. The van der Waals surface area contributed by atoms with Gasteiger partial charge in [-0.25, -0.2) is 0 Å². The number of nitrogens with two attached hydrogens (primary N) is 1. The van der Waals surface area contributed by atoms with Crippen LogP contribution in [0.1, 0.15) is 24.2 Å². The van der Waals surface area contributed by atoms with E-state index in [1.54, 1.807) is 18.2 Å². The first-order valence-electron chi connectivity index (χ1n) is 6.11. The topological polar surface area (TPSA) is 67.8 Å². The van der Waals surface area contributed by atoms with Crippen LogP contribution in [0.5, 0.6) is 5.75 Å². The van der Waals surface area contributed by atoms with Gasteiger partial charge >= 0.3 is 0 Å². The summed E-state index contributed by atoms with van der Waals surface area (Å²) >= 11 is 6.08. The van der Waals surface area contributed by atoms with Gasteiger partial charge in [0.1, 0.15) is 11.9 Å². The fourth-order valence-electron chi connectivity index (χ4n) is 1.83. The molecule has 1 atom stereocenters. The Morgan fingerprint density at radius 3 is 2.55 bits per heavy atom. The van der Waals surface area contributed by atoms with Gasteiger partial charge in [-0.1, -0.05) is 47.1 Å². The first-order chi connectivity index (χ1) is 9.61. The Kier molecular flexibility index (Phi) is 4.48. The largest absolute Gasteiger partial charge is 0.486 e. The van der Waals surface area contributed by atoms with Crippen molar-refractivity contribution in [2.75, 3.05) is 0 Å². The molecule has 20 heavy (non-hydrogen) atoms. The molecule has 0 aliphatic carbocycles. The van der Waals surface area contributed by atoms with E-state index in [1.165, 1.54) is 0 Å². The Bertz CT molecular complexity index is 615. The smallest absolute Gasteiger partial charge is 0.171 e. The molecule has 0 heterocycles. The van der Waals surface area contributed by atoms with Crippen LogP contribution in [-0.4, -0.2) is 11.0 Å². The lowest BCUT2D eigenvalue weighted by Crippen LogP contribution is -2.13. The molecule has 0 saturated carbocycles. The number of halogens is 1. The summed E-state index contributed by atoms with van der Waals surface area (Å²) in [6.07, 6.45) is -0.0954. The molecule has 3 N–H and O–H groups in total. The van der Waals surface area contributed by atoms with Crippen LogP contribution < -0.4 is 10.5 Å². The van der Waals surface area contributed by atoms with Gasteiger partial charge in [0.15, 0.2) is 5.84 Å². The molecule has 2 rings (SSSR count). The molecule has 0 aliphatic heterocycles. The molecule has 0 aromatic heterocycles. The van der Waals surface area contributed by atoms with E-state index in [1.807, 2.05) is 37.3 Å². The van der Waals surface area contributed by atoms with E-state index in [4.69, 9.17) is 27.3 Å². The van der Waals surface area contributed by atoms with Crippen molar-refractivity contribution in [1.82, 2.24) is 0 Å². The molecule has 0 spiro atoms. The molecule has 0 fully saturated rings. The average molecular weight is 291 g/mol. The second kappa shape index (κ2) is 6.30. The summed E-state index contributed by atoms with van der Waals surface area (Å²) in [6, 6.07) is 14.9. The molecule has 0 aliphatic rings. The van der Waals surface area contributed by atoms with Crippen LogP contribution in [0.4, 0.5) is 0 Å². The highest BCUT2D eigenvalue weighted by molar-refractivity contribution is 6.34. The van der Waals surface area contributed by atoms with Crippen molar-refractivity contribution < 1.29 is 9.94 Å². The zero-order chi connectivity index (χ0) is 14.5. The number of ether oxygens (including phenoxy) is 1. The molecule has 4 nitrogen and oxygen atoms in total. The molecule has 0 amide bonds. The van der Waals surface area contributed by atoms with Gasteiger partial charge in [0.05, 0.1) is 5.02 Å². The third-order valence-corrected chi connectivity index (χ3v) is 3.22. The highest BCUT2D eigenvalue weighted by atomic mass is 35.5. The van der Waals surface area contributed by atoms with Crippen molar-refractivity contribution in [1.29, 1.82) is 0 Å². The van der Waals surface area contributed by atoms with Gasteiger partial charge in [0.25, 0.3) is 0 Å². The summed E-state index contributed by atoms with van der Waals surface area (Å²) in [4.78, 5) is 0. The minimum atomic E-state index is -0.0954. The van der Waals surface area contributed by atoms with Crippen LogP contribution in [0.2, 0.25) is 5.02 Å². The van der Waals surface area contributed by atoms with Crippen molar-refractivity contribution in [3.8, 4) is 5.75 Å². The molecular weight excluding hydrogens is 276 g/mol. The zero-order valence-electron chi connectivity index (χ0n) is 11.0. The number of nitrogens with zero attached hydrogens (tertiary/aromatic N) is 1. The molecule has 2 aromatic rings. The standard InChI is InChI=1S/C15H15ClN2O2/c1-10(11-5-3-2-4-6-11)20-12-7-8-13(14(16)9-12)15(17)18-19/h2-10,19H,1H3,(H2,17,18). The van der Waals surface area contributed by atoms with Crippen molar-refractivity contribution >= 4 is 17.4 Å². The number of hydrogen-bond acceptors (Lipinski definition) is 3. The number of amidine groups is 1. The van der Waals surface area contributed by atoms with Gasteiger partial charge in [-0.3, -0.25) is 0 Å². The average Bonchev–Trinajstić information content (AvgIpc) is 2.47. The lowest BCUT2D eigenvalue weighted by atomic mass is 10.1. The third-order valence-electron chi connectivity index (χ3n) is 2.91. The minimum Gasteiger partial charge on any atom is -0.486 e. The van der Waals surface area contributed by atoms with E-state index in [2.05, 4.69) is 5.16 Å². The van der Waals surface area contributed by atoms with Crippen molar-refractivity contribution in [3.05, 3.63) is 64.7 Å². The molecule has 0 saturated heterocycles. The second-order valence-electron chi connectivity index (χ2n) is 4.30. The quantitative estimate of drug-likeness (QED) is 0.391. The zero-order valence-corrected chi connectivity index (χ0v) is 11.7. The maximum absolute atomic E-state index is 8.65. The summed E-state index contributed by atoms with van der Waals surface area (Å²) < 4.78 is 5.82. The summed E-state index contributed by atoms with van der Waals surface area (Å²) in [5, 5.41) is 11.9. The van der Waals surface area contributed by atoms with Crippen molar-refractivity contribution in [2.24, 2.45) is 10.9 Å². The number of oxime groups is 1. The first-order valence-corrected chi connectivity index (χ1v) is 6.48. The van der Waals surface area contributed by atoms with Crippen LogP contribution in [0.25, 0.3) is 0 Å². The number of rotatable bonds is 4. The van der Waals surface area contributed by atoms with E-state index in [-0.39, 0.29) is 11.9 Å². The predicted molar refractivity (Wildman–Crippen MR) is 79.4 cm³/mol. The van der Waals surface area contributed by atoms with E-state index >= 15 is 0 Å². The van der Waals surface area contributed by atoms with Gasteiger partial charge in [-0.05, 0) is 30.7 Å². The Hall–Kier alpha value is -2.20. The van der Waals surface area contributed by atoms with E-state index in [0.717, 1.165) is 5.56 Å². The lowest BCUT2D eigenvalue weighted by Gasteiger charge is -2.15. The monoisotopic (exact) mass is 290 g/mol. The maximum atomic E-state index is 8.65. The fourth-order valence-corrected chi connectivity index (χ4v) is 2.09. The van der Waals surface area contributed by atoms with Crippen LogP contribution in [0.15, 0.2) is 53.7 Å². The minimum absolute atomic E-state index is 0.0299. The summed E-state index contributed by atoms with van der Waals surface area (Å²) in [7, 11) is 0. The molecule has 104 valence electrons. The SMILES string of the molecule is CC(Oc1ccc(C(N)=NO)c(Cl)c1)c1ccccc1. The molecule has 0 radical (unpaired) electrons. The third kappa shape index (κ3) is 3.22. The summed E-state index contributed by atoms with van der Waals surface area (Å²) in [5.41, 5.74) is 7.05. The van der Waals surface area contributed by atoms with E-state index in [9.17, 15) is 0 Å². The highest BCUT2D eigenvalue weighted by Gasteiger charge is 2.10. The maximum Gasteiger partial charge on any atom is 0.171 e. The van der Waals surface area contributed by atoms with Crippen LogP contribution in [0, 0.1) is 0 Å². The molecule has 5 heteroatoms. The van der Waals surface area contributed by atoms with E-state index < -0.39 is 0 Å². The Morgan fingerprint density at radius 1 is 1.25 bits per heavy atom.